The molecule has 1 N–H and O–H groups in total. The van der Waals surface area contributed by atoms with E-state index < -0.39 is 0 Å². The van der Waals surface area contributed by atoms with Crippen LogP contribution in [-0.2, 0) is 9.47 Å². The second kappa shape index (κ2) is 7.58. The SMILES string of the molecule is CCNC(COCC)C1(N2CCOCC2)CCCC1. The summed E-state index contributed by atoms with van der Waals surface area (Å²) in [6.45, 7) is 10.9. The van der Waals surface area contributed by atoms with Crippen LogP contribution >= 0.6 is 0 Å². The Balaban J connectivity index is 2.09. The van der Waals surface area contributed by atoms with Gasteiger partial charge in [-0.05, 0) is 26.3 Å². The lowest BCUT2D eigenvalue weighted by atomic mass is 9.85. The minimum Gasteiger partial charge on any atom is -0.380 e. The van der Waals surface area contributed by atoms with Crippen LogP contribution in [0.5, 0.6) is 0 Å². The van der Waals surface area contributed by atoms with E-state index >= 15 is 0 Å². The summed E-state index contributed by atoms with van der Waals surface area (Å²) in [6.07, 6.45) is 5.31. The van der Waals surface area contributed by atoms with Crippen molar-refractivity contribution in [2.75, 3.05) is 46.1 Å². The lowest BCUT2D eigenvalue weighted by Gasteiger charge is -2.48. The summed E-state index contributed by atoms with van der Waals surface area (Å²) in [5.74, 6) is 0. The van der Waals surface area contributed by atoms with Crippen molar-refractivity contribution in [2.45, 2.75) is 51.1 Å². The van der Waals surface area contributed by atoms with Gasteiger partial charge in [0.05, 0.1) is 19.8 Å². The van der Waals surface area contributed by atoms with Gasteiger partial charge in [-0.15, -0.1) is 0 Å². The Morgan fingerprint density at radius 2 is 1.89 bits per heavy atom. The van der Waals surface area contributed by atoms with E-state index in [0.29, 0.717) is 11.6 Å². The number of rotatable bonds is 7. The van der Waals surface area contributed by atoms with Crippen LogP contribution in [0.1, 0.15) is 39.5 Å². The molecular formula is C15H30N2O2. The minimum atomic E-state index is 0.301. The number of morpholine rings is 1. The molecule has 0 bridgehead atoms. The fourth-order valence-corrected chi connectivity index (χ4v) is 3.77. The average Bonchev–Trinajstić information content (AvgIpc) is 2.95. The summed E-state index contributed by atoms with van der Waals surface area (Å²) >= 11 is 0. The van der Waals surface area contributed by atoms with Gasteiger partial charge in [-0.2, -0.15) is 0 Å². The van der Waals surface area contributed by atoms with Crippen LogP contribution in [0, 0.1) is 0 Å². The van der Waals surface area contributed by atoms with E-state index in [2.05, 4.69) is 24.1 Å². The van der Waals surface area contributed by atoms with E-state index in [1.807, 2.05) is 0 Å². The van der Waals surface area contributed by atoms with E-state index in [-0.39, 0.29) is 0 Å². The standard InChI is InChI=1S/C15H30N2O2/c1-3-16-14(13-18-4-2)15(7-5-6-8-15)17-9-11-19-12-10-17/h14,16H,3-13H2,1-2H3. The summed E-state index contributed by atoms with van der Waals surface area (Å²) in [4.78, 5) is 2.68. The zero-order chi connectivity index (χ0) is 13.6. The molecule has 1 heterocycles. The number of nitrogens with zero attached hydrogens (tertiary/aromatic N) is 1. The van der Waals surface area contributed by atoms with Crippen LogP contribution in [-0.4, -0.2) is 62.5 Å². The molecule has 1 unspecified atom stereocenters. The predicted molar refractivity (Wildman–Crippen MR) is 77.5 cm³/mol. The summed E-state index contributed by atoms with van der Waals surface area (Å²) in [5, 5.41) is 3.69. The fraction of sp³-hybridized carbons (Fsp3) is 1.00. The zero-order valence-electron chi connectivity index (χ0n) is 12.6. The first kappa shape index (κ1) is 15.2. The van der Waals surface area contributed by atoms with Crippen LogP contribution in [0.3, 0.4) is 0 Å². The van der Waals surface area contributed by atoms with Gasteiger partial charge in [-0.1, -0.05) is 19.8 Å². The third kappa shape index (κ3) is 3.48. The molecule has 1 saturated heterocycles. The van der Waals surface area contributed by atoms with E-state index in [1.165, 1.54) is 25.7 Å². The van der Waals surface area contributed by atoms with Crippen molar-refractivity contribution < 1.29 is 9.47 Å². The fourth-order valence-electron chi connectivity index (χ4n) is 3.77. The molecule has 0 amide bonds. The summed E-state index contributed by atoms with van der Waals surface area (Å²) < 4.78 is 11.3. The average molecular weight is 270 g/mol. The van der Waals surface area contributed by atoms with Crippen LogP contribution in [0.2, 0.25) is 0 Å². The first-order valence-electron chi connectivity index (χ1n) is 7.97. The monoisotopic (exact) mass is 270 g/mol. The molecule has 4 heteroatoms. The van der Waals surface area contributed by atoms with Gasteiger partial charge in [0.1, 0.15) is 0 Å². The first-order chi connectivity index (χ1) is 9.33. The largest absolute Gasteiger partial charge is 0.380 e. The number of nitrogens with one attached hydrogen (secondary N) is 1. The summed E-state index contributed by atoms with van der Waals surface area (Å²) in [6, 6.07) is 0.457. The highest BCUT2D eigenvalue weighted by atomic mass is 16.5. The highest BCUT2D eigenvalue weighted by Crippen LogP contribution is 2.38. The number of likely N-dealkylation sites (N-methyl/N-ethyl adjacent to an activating group) is 1. The molecule has 1 atom stereocenters. The quantitative estimate of drug-likeness (QED) is 0.762. The van der Waals surface area contributed by atoms with Crippen molar-refractivity contribution in [2.24, 2.45) is 0 Å². The van der Waals surface area contributed by atoms with E-state index in [1.54, 1.807) is 0 Å². The molecule has 1 aliphatic heterocycles. The van der Waals surface area contributed by atoms with Crippen molar-refractivity contribution in [3.05, 3.63) is 0 Å². The maximum absolute atomic E-state index is 5.76. The van der Waals surface area contributed by atoms with Gasteiger partial charge in [-0.3, -0.25) is 4.90 Å². The van der Waals surface area contributed by atoms with Crippen molar-refractivity contribution >= 4 is 0 Å². The molecule has 1 aliphatic carbocycles. The smallest absolute Gasteiger partial charge is 0.0637 e. The Morgan fingerprint density at radius 1 is 1.21 bits per heavy atom. The number of hydrogen-bond donors (Lipinski definition) is 1. The molecule has 2 rings (SSSR count). The molecular weight excluding hydrogens is 240 g/mol. The van der Waals surface area contributed by atoms with Gasteiger partial charge in [0.2, 0.25) is 0 Å². The highest BCUT2D eigenvalue weighted by Gasteiger charge is 2.45. The number of ether oxygens (including phenoxy) is 2. The molecule has 0 spiro atoms. The highest BCUT2D eigenvalue weighted by molar-refractivity contribution is 5.04. The van der Waals surface area contributed by atoms with Crippen molar-refractivity contribution in [3.63, 3.8) is 0 Å². The molecule has 0 radical (unpaired) electrons. The van der Waals surface area contributed by atoms with Crippen LogP contribution in [0.4, 0.5) is 0 Å². The second-order valence-electron chi connectivity index (χ2n) is 5.68. The predicted octanol–water partition coefficient (Wildman–Crippen LogP) is 1.65. The summed E-state index contributed by atoms with van der Waals surface area (Å²) in [5.41, 5.74) is 0.301. The van der Waals surface area contributed by atoms with Gasteiger partial charge < -0.3 is 14.8 Å². The van der Waals surface area contributed by atoms with E-state index in [0.717, 1.165) is 46.1 Å². The van der Waals surface area contributed by atoms with Crippen LogP contribution < -0.4 is 5.32 Å². The maximum Gasteiger partial charge on any atom is 0.0637 e. The van der Waals surface area contributed by atoms with Gasteiger partial charge in [0.15, 0.2) is 0 Å². The molecule has 2 fully saturated rings. The Morgan fingerprint density at radius 3 is 2.47 bits per heavy atom. The van der Waals surface area contributed by atoms with Gasteiger partial charge >= 0.3 is 0 Å². The molecule has 0 aromatic rings. The van der Waals surface area contributed by atoms with Gasteiger partial charge in [0, 0.05) is 31.3 Å². The molecule has 0 aromatic carbocycles. The van der Waals surface area contributed by atoms with Crippen molar-refractivity contribution in [3.8, 4) is 0 Å². The Hall–Kier alpha value is -0.160. The van der Waals surface area contributed by atoms with Crippen LogP contribution in [0.15, 0.2) is 0 Å². The third-order valence-electron chi connectivity index (χ3n) is 4.70. The normalized spacial score (nSPS) is 25.6. The maximum atomic E-state index is 5.76. The second-order valence-corrected chi connectivity index (χ2v) is 5.68. The van der Waals surface area contributed by atoms with Crippen molar-refractivity contribution in [1.82, 2.24) is 10.2 Å². The Labute approximate surface area is 117 Å². The van der Waals surface area contributed by atoms with Crippen LogP contribution in [0.25, 0.3) is 0 Å². The molecule has 112 valence electrons. The first-order valence-corrected chi connectivity index (χ1v) is 7.97. The van der Waals surface area contributed by atoms with Crippen molar-refractivity contribution in [1.29, 1.82) is 0 Å². The molecule has 2 aliphatic rings. The minimum absolute atomic E-state index is 0.301. The molecule has 4 nitrogen and oxygen atoms in total. The third-order valence-corrected chi connectivity index (χ3v) is 4.70. The zero-order valence-corrected chi connectivity index (χ0v) is 12.6. The van der Waals surface area contributed by atoms with Gasteiger partial charge in [0.25, 0.3) is 0 Å². The summed E-state index contributed by atoms with van der Waals surface area (Å²) in [7, 11) is 0. The Kier molecular flexibility index (Phi) is 6.07. The van der Waals surface area contributed by atoms with Gasteiger partial charge in [-0.25, -0.2) is 0 Å². The lowest BCUT2D eigenvalue weighted by Crippen LogP contribution is -2.63. The molecule has 19 heavy (non-hydrogen) atoms. The topological polar surface area (TPSA) is 33.7 Å². The number of hydrogen-bond acceptors (Lipinski definition) is 4. The van der Waals surface area contributed by atoms with E-state index in [4.69, 9.17) is 9.47 Å². The van der Waals surface area contributed by atoms with E-state index in [9.17, 15) is 0 Å². The lowest BCUT2D eigenvalue weighted by molar-refractivity contribution is -0.0490. The Bertz CT molecular complexity index is 249. The molecule has 1 saturated carbocycles. The molecule has 0 aromatic heterocycles.